The van der Waals surface area contributed by atoms with Crippen LogP contribution in [-0.4, -0.2) is 23.7 Å². The highest BCUT2D eigenvalue weighted by Crippen LogP contribution is 2.28. The summed E-state index contributed by atoms with van der Waals surface area (Å²) in [5.41, 5.74) is -0.678. The minimum Gasteiger partial charge on any atom is -0.392 e. The molecule has 1 amide bonds. The lowest BCUT2D eigenvalue weighted by Crippen LogP contribution is -2.30. The van der Waals surface area contributed by atoms with Gasteiger partial charge in [0.1, 0.15) is 0 Å². The highest BCUT2D eigenvalue weighted by atomic mass is 19.4. The molecule has 0 aliphatic carbocycles. The quantitative estimate of drug-likeness (QED) is 0.855. The van der Waals surface area contributed by atoms with Crippen LogP contribution in [0, 0.1) is 0 Å². The van der Waals surface area contributed by atoms with Crippen molar-refractivity contribution in [1.29, 1.82) is 0 Å². The fraction of sp³-hybridized carbons (Fsp3) is 0.364. The Morgan fingerprint density at radius 2 is 1.88 bits per heavy atom. The molecule has 0 saturated heterocycles. The van der Waals surface area contributed by atoms with Crippen LogP contribution >= 0.6 is 0 Å². The van der Waals surface area contributed by atoms with Crippen molar-refractivity contribution in [3.05, 3.63) is 35.4 Å². The van der Waals surface area contributed by atoms with Gasteiger partial charge in [0, 0.05) is 12.1 Å². The summed E-state index contributed by atoms with van der Waals surface area (Å²) in [6.45, 7) is 1.55. The monoisotopic (exact) mass is 247 g/mol. The van der Waals surface area contributed by atoms with Gasteiger partial charge in [-0.3, -0.25) is 4.79 Å². The van der Waals surface area contributed by atoms with Gasteiger partial charge in [-0.1, -0.05) is 0 Å². The molecule has 3 nitrogen and oxygen atoms in total. The van der Waals surface area contributed by atoms with E-state index in [-0.39, 0.29) is 12.1 Å². The Morgan fingerprint density at radius 3 is 2.29 bits per heavy atom. The summed E-state index contributed by atoms with van der Waals surface area (Å²) < 4.78 is 36.7. The average molecular weight is 247 g/mol. The maximum Gasteiger partial charge on any atom is 0.416 e. The van der Waals surface area contributed by atoms with Crippen LogP contribution in [0.3, 0.4) is 0 Å². The van der Waals surface area contributed by atoms with Gasteiger partial charge >= 0.3 is 6.18 Å². The molecule has 2 N–H and O–H groups in total. The van der Waals surface area contributed by atoms with Crippen LogP contribution < -0.4 is 5.32 Å². The zero-order valence-electron chi connectivity index (χ0n) is 9.08. The third-order valence-electron chi connectivity index (χ3n) is 2.03. The molecule has 94 valence electrons. The maximum atomic E-state index is 12.2. The van der Waals surface area contributed by atoms with Crippen molar-refractivity contribution < 1.29 is 23.1 Å². The third-order valence-corrected chi connectivity index (χ3v) is 2.03. The number of alkyl halides is 3. The summed E-state index contributed by atoms with van der Waals surface area (Å²) >= 11 is 0. The Morgan fingerprint density at radius 1 is 1.35 bits per heavy atom. The Bertz CT molecular complexity index is 385. The predicted octanol–water partition coefficient (Wildman–Crippen LogP) is 1.82. The number of hydrogen-bond acceptors (Lipinski definition) is 2. The van der Waals surface area contributed by atoms with E-state index in [1.165, 1.54) is 6.92 Å². The molecule has 1 aromatic carbocycles. The normalized spacial score (nSPS) is 13.2. The standard InChI is InChI=1S/C11H12F3NO2/c1-7(16)6-15-10(17)8-2-4-9(5-3-8)11(12,13)14/h2-5,7,16H,6H2,1H3,(H,15,17)/t7-/m1/s1. The highest BCUT2D eigenvalue weighted by molar-refractivity contribution is 5.94. The van der Waals surface area contributed by atoms with E-state index in [2.05, 4.69) is 5.32 Å². The van der Waals surface area contributed by atoms with Crippen LogP contribution in [0.1, 0.15) is 22.8 Å². The lowest BCUT2D eigenvalue weighted by atomic mass is 10.1. The first kappa shape index (κ1) is 13.5. The summed E-state index contributed by atoms with van der Waals surface area (Å²) in [6.07, 6.45) is -5.11. The molecule has 0 unspecified atom stereocenters. The van der Waals surface area contributed by atoms with Crippen molar-refractivity contribution in [3.8, 4) is 0 Å². The number of carbonyl (C=O) groups excluding carboxylic acids is 1. The second kappa shape index (κ2) is 5.18. The fourth-order valence-electron chi connectivity index (χ4n) is 1.15. The van der Waals surface area contributed by atoms with E-state index in [0.717, 1.165) is 24.3 Å². The third kappa shape index (κ3) is 4.07. The van der Waals surface area contributed by atoms with E-state index in [9.17, 15) is 18.0 Å². The largest absolute Gasteiger partial charge is 0.416 e. The first-order valence-corrected chi connectivity index (χ1v) is 4.94. The van der Waals surface area contributed by atoms with Crippen LogP contribution in [0.25, 0.3) is 0 Å². The predicted molar refractivity (Wildman–Crippen MR) is 55.5 cm³/mol. The van der Waals surface area contributed by atoms with Gasteiger partial charge in [0.25, 0.3) is 5.91 Å². The van der Waals surface area contributed by atoms with E-state index in [1.54, 1.807) is 0 Å². The molecular weight excluding hydrogens is 235 g/mol. The number of carbonyl (C=O) groups is 1. The van der Waals surface area contributed by atoms with Crippen molar-refractivity contribution >= 4 is 5.91 Å². The molecule has 0 aliphatic heterocycles. The van der Waals surface area contributed by atoms with Gasteiger partial charge in [-0.15, -0.1) is 0 Å². The smallest absolute Gasteiger partial charge is 0.392 e. The zero-order valence-corrected chi connectivity index (χ0v) is 9.08. The van der Waals surface area contributed by atoms with E-state index in [1.807, 2.05) is 0 Å². The van der Waals surface area contributed by atoms with Crippen molar-refractivity contribution in [2.75, 3.05) is 6.54 Å². The number of benzene rings is 1. The number of nitrogens with one attached hydrogen (secondary N) is 1. The van der Waals surface area contributed by atoms with Gasteiger partial charge in [0.05, 0.1) is 11.7 Å². The fourth-order valence-corrected chi connectivity index (χ4v) is 1.15. The molecule has 0 spiro atoms. The number of halogens is 3. The molecule has 1 atom stereocenters. The molecule has 0 aromatic heterocycles. The van der Waals surface area contributed by atoms with E-state index >= 15 is 0 Å². The van der Waals surface area contributed by atoms with Crippen LogP contribution in [0.15, 0.2) is 24.3 Å². The first-order chi connectivity index (χ1) is 7.80. The molecule has 0 heterocycles. The number of aliphatic hydroxyl groups is 1. The van der Waals surface area contributed by atoms with Crippen molar-refractivity contribution in [3.63, 3.8) is 0 Å². The molecule has 1 rings (SSSR count). The summed E-state index contributed by atoms with van der Waals surface area (Å²) in [7, 11) is 0. The Labute approximate surface area is 96.3 Å². The highest BCUT2D eigenvalue weighted by Gasteiger charge is 2.30. The van der Waals surface area contributed by atoms with Crippen LogP contribution in [0.4, 0.5) is 13.2 Å². The van der Waals surface area contributed by atoms with Gasteiger partial charge in [0.15, 0.2) is 0 Å². The minimum absolute atomic E-state index is 0.0554. The van der Waals surface area contributed by atoms with Gasteiger partial charge < -0.3 is 10.4 Å². The van der Waals surface area contributed by atoms with Gasteiger partial charge in [-0.25, -0.2) is 0 Å². The molecule has 0 aliphatic rings. The lowest BCUT2D eigenvalue weighted by Gasteiger charge is -2.09. The van der Waals surface area contributed by atoms with Crippen molar-refractivity contribution in [2.24, 2.45) is 0 Å². The molecule has 17 heavy (non-hydrogen) atoms. The van der Waals surface area contributed by atoms with Gasteiger partial charge in [-0.2, -0.15) is 13.2 Å². The maximum absolute atomic E-state index is 12.2. The van der Waals surface area contributed by atoms with Crippen molar-refractivity contribution in [1.82, 2.24) is 5.32 Å². The van der Waals surface area contributed by atoms with Crippen molar-refractivity contribution in [2.45, 2.75) is 19.2 Å². The summed E-state index contributed by atoms with van der Waals surface area (Å²) in [5, 5.41) is 11.3. The van der Waals surface area contributed by atoms with Crippen LogP contribution in [0.2, 0.25) is 0 Å². The summed E-state index contributed by atoms with van der Waals surface area (Å²) in [4.78, 5) is 11.4. The zero-order chi connectivity index (χ0) is 13.1. The topological polar surface area (TPSA) is 49.3 Å². The Balaban J connectivity index is 2.71. The van der Waals surface area contributed by atoms with Crippen LogP contribution in [-0.2, 0) is 6.18 Å². The molecule has 0 radical (unpaired) electrons. The number of amides is 1. The molecule has 0 fully saturated rings. The van der Waals surface area contributed by atoms with E-state index < -0.39 is 23.8 Å². The SMILES string of the molecule is C[C@@H](O)CNC(=O)c1ccc(C(F)(F)F)cc1. The second-order valence-electron chi connectivity index (χ2n) is 3.63. The first-order valence-electron chi connectivity index (χ1n) is 4.94. The number of rotatable bonds is 3. The van der Waals surface area contributed by atoms with Crippen LogP contribution in [0.5, 0.6) is 0 Å². The Hall–Kier alpha value is -1.56. The number of hydrogen-bond donors (Lipinski definition) is 2. The minimum atomic E-state index is -4.41. The van der Waals surface area contributed by atoms with Gasteiger partial charge in [-0.05, 0) is 31.2 Å². The second-order valence-corrected chi connectivity index (χ2v) is 3.63. The molecule has 1 aromatic rings. The summed E-state index contributed by atoms with van der Waals surface area (Å²) in [6, 6.07) is 3.88. The molecule has 6 heteroatoms. The van der Waals surface area contributed by atoms with Gasteiger partial charge in [0.2, 0.25) is 0 Å². The molecule has 0 saturated carbocycles. The lowest BCUT2D eigenvalue weighted by molar-refractivity contribution is -0.137. The average Bonchev–Trinajstić information content (AvgIpc) is 2.25. The van der Waals surface area contributed by atoms with E-state index in [4.69, 9.17) is 5.11 Å². The molecular formula is C11H12F3NO2. The molecule has 0 bridgehead atoms. The number of aliphatic hydroxyl groups excluding tert-OH is 1. The van der Waals surface area contributed by atoms with E-state index in [0.29, 0.717) is 0 Å². The summed E-state index contributed by atoms with van der Waals surface area (Å²) in [5.74, 6) is -0.514. The Kier molecular flexibility index (Phi) is 4.11.